The molecular formula is C16H25ClN2O3S. The zero-order valence-corrected chi connectivity index (χ0v) is 15.9. The lowest BCUT2D eigenvalue weighted by Crippen LogP contribution is -2.51. The fourth-order valence-corrected chi connectivity index (χ4v) is 4.20. The topological polar surface area (TPSA) is 68.3 Å². The van der Waals surface area contributed by atoms with Gasteiger partial charge in [0.05, 0.1) is 16.9 Å². The van der Waals surface area contributed by atoms with Gasteiger partial charge in [0.2, 0.25) is 15.9 Å². The molecule has 1 N–H and O–H groups in total. The highest BCUT2D eigenvalue weighted by atomic mass is 35.5. The van der Waals surface area contributed by atoms with E-state index in [0.29, 0.717) is 36.9 Å². The summed E-state index contributed by atoms with van der Waals surface area (Å²) in [5, 5.41) is 0.321. The highest BCUT2D eigenvalue weighted by molar-refractivity contribution is 7.90. The van der Waals surface area contributed by atoms with Crippen molar-refractivity contribution in [3.05, 3.63) is 22.3 Å². The van der Waals surface area contributed by atoms with Gasteiger partial charge in [-0.2, -0.15) is 0 Å². The number of sulfonamides is 1. The second-order valence-electron chi connectivity index (χ2n) is 6.88. The van der Waals surface area contributed by atoms with Crippen LogP contribution in [0.5, 0.6) is 5.88 Å². The average Bonchev–Trinajstić information content (AvgIpc) is 2.90. The number of pyridine rings is 1. The first-order valence-corrected chi connectivity index (χ1v) is 9.78. The van der Waals surface area contributed by atoms with Gasteiger partial charge in [0.15, 0.2) is 0 Å². The Morgan fingerprint density at radius 2 is 1.91 bits per heavy atom. The molecule has 0 amide bonds. The third-order valence-corrected chi connectivity index (χ3v) is 6.97. The quantitative estimate of drug-likeness (QED) is 0.817. The molecule has 130 valence electrons. The molecular weight excluding hydrogens is 336 g/mol. The fraction of sp³-hybridized carbons (Fsp3) is 0.688. The molecule has 0 aromatic carbocycles. The molecule has 0 aliphatic carbocycles. The minimum atomic E-state index is -3.51. The Bertz CT molecular complexity index is 692. The summed E-state index contributed by atoms with van der Waals surface area (Å²) in [6.45, 7) is 9.58. The first-order chi connectivity index (χ1) is 10.6. The summed E-state index contributed by atoms with van der Waals surface area (Å²) in [5.74, 6) is 0.522. The molecule has 1 aliphatic heterocycles. The summed E-state index contributed by atoms with van der Waals surface area (Å²) in [5.41, 5.74) is 1.12. The zero-order valence-electron chi connectivity index (χ0n) is 14.4. The normalized spacial score (nSPS) is 15.4. The molecule has 0 saturated carbocycles. The van der Waals surface area contributed by atoms with Crippen LogP contribution in [-0.2, 0) is 22.0 Å². The summed E-state index contributed by atoms with van der Waals surface area (Å²) in [4.78, 5) is 4.21. The Morgan fingerprint density at radius 3 is 2.43 bits per heavy atom. The van der Waals surface area contributed by atoms with Gasteiger partial charge in [0, 0.05) is 12.0 Å². The molecule has 0 radical (unpaired) electrons. The zero-order chi connectivity index (χ0) is 17.5. The maximum atomic E-state index is 12.8. The number of hydrogen-bond acceptors (Lipinski definition) is 4. The summed E-state index contributed by atoms with van der Waals surface area (Å²) >= 11 is 6.14. The monoisotopic (exact) mass is 360 g/mol. The van der Waals surface area contributed by atoms with Crippen molar-refractivity contribution in [2.75, 3.05) is 6.61 Å². The van der Waals surface area contributed by atoms with E-state index in [9.17, 15) is 8.42 Å². The summed E-state index contributed by atoms with van der Waals surface area (Å²) in [7, 11) is -3.51. The molecule has 0 saturated heterocycles. The van der Waals surface area contributed by atoms with Crippen molar-refractivity contribution in [2.45, 2.75) is 64.2 Å². The SMILES string of the molecule is CCC(CC)(NS(=O)(=O)C(C)(C)C)c1cc(Cl)nc2c1CCO2. The second-order valence-corrected chi connectivity index (χ2v) is 9.70. The summed E-state index contributed by atoms with van der Waals surface area (Å²) in [6.07, 6.45) is 1.95. The highest BCUT2D eigenvalue weighted by Gasteiger charge is 2.41. The van der Waals surface area contributed by atoms with E-state index >= 15 is 0 Å². The first-order valence-electron chi connectivity index (χ1n) is 7.92. The van der Waals surface area contributed by atoms with E-state index in [1.54, 1.807) is 26.8 Å². The van der Waals surface area contributed by atoms with E-state index in [0.717, 1.165) is 11.1 Å². The van der Waals surface area contributed by atoms with Crippen LogP contribution >= 0.6 is 11.6 Å². The molecule has 5 nitrogen and oxygen atoms in total. The van der Waals surface area contributed by atoms with Crippen molar-refractivity contribution < 1.29 is 13.2 Å². The number of nitrogens with zero attached hydrogens (tertiary/aromatic N) is 1. The van der Waals surface area contributed by atoms with Gasteiger partial charge in [-0.3, -0.25) is 0 Å². The smallest absolute Gasteiger partial charge is 0.218 e. The molecule has 0 atom stereocenters. The molecule has 7 heteroatoms. The Kier molecular flexibility index (Phi) is 5.00. The van der Waals surface area contributed by atoms with E-state index < -0.39 is 20.3 Å². The average molecular weight is 361 g/mol. The predicted molar refractivity (Wildman–Crippen MR) is 92.5 cm³/mol. The standard InChI is InChI=1S/C16H25ClN2O3S/c1-6-16(7-2,19-23(20,21)15(3,4)5)12-10-13(17)18-14-11(12)8-9-22-14/h10,19H,6-9H2,1-5H3. The Labute approximate surface area is 143 Å². The van der Waals surface area contributed by atoms with Crippen molar-refractivity contribution in [1.29, 1.82) is 0 Å². The third kappa shape index (κ3) is 3.35. The first kappa shape index (κ1) is 18.5. The van der Waals surface area contributed by atoms with Gasteiger partial charge >= 0.3 is 0 Å². The van der Waals surface area contributed by atoms with Crippen LogP contribution < -0.4 is 9.46 Å². The van der Waals surface area contributed by atoms with Crippen molar-refractivity contribution in [2.24, 2.45) is 0 Å². The van der Waals surface area contributed by atoms with E-state index in [2.05, 4.69) is 9.71 Å². The van der Waals surface area contributed by atoms with Gasteiger partial charge < -0.3 is 4.74 Å². The predicted octanol–water partition coefficient (Wildman–Crippen LogP) is 3.40. The maximum Gasteiger partial charge on any atom is 0.218 e. The molecule has 0 unspecified atom stereocenters. The highest BCUT2D eigenvalue weighted by Crippen LogP contribution is 2.39. The number of rotatable bonds is 5. The van der Waals surface area contributed by atoms with Crippen LogP contribution in [0.2, 0.25) is 5.15 Å². The minimum Gasteiger partial charge on any atom is -0.477 e. The van der Waals surface area contributed by atoms with Gasteiger partial charge in [-0.15, -0.1) is 0 Å². The van der Waals surface area contributed by atoms with Gasteiger partial charge in [-0.25, -0.2) is 18.1 Å². The van der Waals surface area contributed by atoms with Gasteiger partial charge in [-0.1, -0.05) is 25.4 Å². The van der Waals surface area contributed by atoms with Crippen LogP contribution in [-0.4, -0.2) is 24.8 Å². The minimum absolute atomic E-state index is 0.321. The molecule has 0 bridgehead atoms. The van der Waals surface area contributed by atoms with Gasteiger partial charge in [0.1, 0.15) is 5.15 Å². The fourth-order valence-electron chi connectivity index (χ4n) is 2.80. The molecule has 2 heterocycles. The maximum absolute atomic E-state index is 12.8. The molecule has 2 rings (SSSR count). The Hall–Kier alpha value is -0.850. The van der Waals surface area contributed by atoms with Gasteiger partial charge in [-0.05, 0) is 45.2 Å². The van der Waals surface area contributed by atoms with E-state index in [1.807, 2.05) is 13.8 Å². The molecule has 23 heavy (non-hydrogen) atoms. The van der Waals surface area contributed by atoms with Crippen LogP contribution in [0.1, 0.15) is 58.6 Å². The van der Waals surface area contributed by atoms with Crippen LogP contribution in [0.3, 0.4) is 0 Å². The lowest BCUT2D eigenvalue weighted by molar-refractivity contribution is 0.344. The number of ether oxygens (including phenoxy) is 1. The van der Waals surface area contributed by atoms with Crippen molar-refractivity contribution in [3.8, 4) is 5.88 Å². The molecule has 1 aliphatic rings. The van der Waals surface area contributed by atoms with E-state index in [-0.39, 0.29) is 0 Å². The van der Waals surface area contributed by atoms with Crippen molar-refractivity contribution in [3.63, 3.8) is 0 Å². The van der Waals surface area contributed by atoms with Crippen molar-refractivity contribution in [1.82, 2.24) is 9.71 Å². The summed E-state index contributed by atoms with van der Waals surface area (Å²) < 4.78 is 33.1. The Balaban J connectivity index is 2.60. The van der Waals surface area contributed by atoms with Gasteiger partial charge in [0.25, 0.3) is 0 Å². The second kappa shape index (κ2) is 6.22. The van der Waals surface area contributed by atoms with Crippen LogP contribution in [0, 0.1) is 0 Å². The Morgan fingerprint density at radius 1 is 1.30 bits per heavy atom. The number of hydrogen-bond donors (Lipinski definition) is 1. The summed E-state index contributed by atoms with van der Waals surface area (Å²) in [6, 6.07) is 1.77. The molecule has 1 aromatic heterocycles. The molecule has 0 fully saturated rings. The van der Waals surface area contributed by atoms with E-state index in [1.165, 1.54) is 0 Å². The van der Waals surface area contributed by atoms with Crippen LogP contribution in [0.15, 0.2) is 6.07 Å². The number of halogens is 1. The number of fused-ring (bicyclic) bond motifs is 1. The lowest BCUT2D eigenvalue weighted by atomic mass is 9.83. The molecule has 0 spiro atoms. The lowest BCUT2D eigenvalue weighted by Gasteiger charge is -2.37. The van der Waals surface area contributed by atoms with E-state index in [4.69, 9.17) is 16.3 Å². The van der Waals surface area contributed by atoms with Crippen molar-refractivity contribution >= 4 is 21.6 Å². The number of aromatic nitrogens is 1. The third-order valence-electron chi connectivity index (χ3n) is 4.50. The van der Waals surface area contributed by atoms with Crippen LogP contribution in [0.25, 0.3) is 0 Å². The largest absolute Gasteiger partial charge is 0.477 e. The number of nitrogens with one attached hydrogen (secondary N) is 1. The molecule has 1 aromatic rings. The van der Waals surface area contributed by atoms with Crippen LogP contribution in [0.4, 0.5) is 0 Å².